The quantitative estimate of drug-likeness (QED) is 0.459. The lowest BCUT2D eigenvalue weighted by molar-refractivity contribution is -0.111. The Morgan fingerprint density at radius 3 is 2.22 bits per heavy atom. The van der Waals surface area contributed by atoms with Crippen LogP contribution in [0.1, 0.15) is 11.1 Å². The molecule has 0 bridgehead atoms. The molecular weight excluding hydrogens is 492 g/mol. The number of carbonyl (C=O) groups is 1. The Morgan fingerprint density at radius 1 is 0.833 bits per heavy atom. The molecule has 3 rings (SSSR count). The molecule has 0 spiro atoms. The Balaban J connectivity index is 2.27. The summed E-state index contributed by atoms with van der Waals surface area (Å²) in [5.74, 6) is 0.0165. The SMILES string of the molecule is O=C1C2=Cc3cc(Br)c(Br)cc3C2=CC(Br)=C1Br. The number of Topliss-reactive ketones (excluding diaryl/α,β-unsaturated/α-hetero) is 1. The van der Waals surface area contributed by atoms with Gasteiger partial charge in [-0.15, -0.1) is 0 Å². The number of halogens is 4. The number of carbonyl (C=O) groups excluding carboxylic acids is 1. The number of fused-ring (bicyclic) bond motifs is 3. The van der Waals surface area contributed by atoms with Crippen molar-refractivity contribution in [1.82, 2.24) is 0 Å². The summed E-state index contributed by atoms with van der Waals surface area (Å²) < 4.78 is 3.32. The summed E-state index contributed by atoms with van der Waals surface area (Å²) in [6.45, 7) is 0. The van der Waals surface area contributed by atoms with Gasteiger partial charge in [0.15, 0.2) is 0 Å². The molecule has 1 aromatic rings. The molecule has 0 N–H and O–H groups in total. The summed E-state index contributed by atoms with van der Waals surface area (Å²) in [5.41, 5.74) is 3.84. The van der Waals surface area contributed by atoms with E-state index in [0.717, 1.165) is 35.7 Å². The normalized spacial score (nSPS) is 17.4. The zero-order valence-corrected chi connectivity index (χ0v) is 15.1. The Kier molecular flexibility index (Phi) is 3.29. The smallest absolute Gasteiger partial charge is 0.201 e. The number of allylic oxidation sites excluding steroid dienone is 5. The number of rotatable bonds is 0. The van der Waals surface area contributed by atoms with Crippen molar-refractivity contribution in [1.29, 1.82) is 0 Å². The molecular formula is C13H4Br4O. The summed E-state index contributed by atoms with van der Waals surface area (Å²) in [6, 6.07) is 4.04. The van der Waals surface area contributed by atoms with Gasteiger partial charge in [0.05, 0.1) is 4.48 Å². The van der Waals surface area contributed by atoms with Gasteiger partial charge in [-0.1, -0.05) is 0 Å². The van der Waals surface area contributed by atoms with E-state index in [-0.39, 0.29) is 5.78 Å². The average molecular weight is 496 g/mol. The monoisotopic (exact) mass is 492 g/mol. The molecule has 2 aliphatic carbocycles. The maximum atomic E-state index is 12.2. The first-order valence-corrected chi connectivity index (χ1v) is 8.19. The lowest BCUT2D eigenvalue weighted by Crippen LogP contribution is -2.07. The summed E-state index contributed by atoms with van der Waals surface area (Å²) in [7, 11) is 0. The van der Waals surface area contributed by atoms with Crippen LogP contribution < -0.4 is 0 Å². The van der Waals surface area contributed by atoms with Crippen molar-refractivity contribution >= 4 is 81.2 Å². The van der Waals surface area contributed by atoms with Gasteiger partial charge in [-0.2, -0.15) is 0 Å². The highest BCUT2D eigenvalue weighted by molar-refractivity contribution is 9.14. The van der Waals surface area contributed by atoms with E-state index in [4.69, 9.17) is 0 Å². The van der Waals surface area contributed by atoms with Gasteiger partial charge in [0.1, 0.15) is 0 Å². The molecule has 2 aliphatic rings. The third-order valence-electron chi connectivity index (χ3n) is 2.90. The third-order valence-corrected chi connectivity index (χ3v) is 6.69. The first-order valence-electron chi connectivity index (χ1n) is 5.02. The predicted molar refractivity (Wildman–Crippen MR) is 87.7 cm³/mol. The summed E-state index contributed by atoms with van der Waals surface area (Å²) in [5, 5.41) is 0. The van der Waals surface area contributed by atoms with E-state index in [2.05, 4.69) is 63.7 Å². The Hall–Kier alpha value is 0.0300. The third kappa shape index (κ3) is 1.87. The van der Waals surface area contributed by atoms with Crippen LogP contribution in [0.4, 0.5) is 0 Å². The zero-order chi connectivity index (χ0) is 13.0. The van der Waals surface area contributed by atoms with Crippen LogP contribution in [0.15, 0.2) is 41.7 Å². The zero-order valence-electron chi connectivity index (χ0n) is 8.73. The average Bonchev–Trinajstić information content (AvgIpc) is 2.66. The lowest BCUT2D eigenvalue weighted by Gasteiger charge is -2.13. The molecule has 90 valence electrons. The Morgan fingerprint density at radius 2 is 1.50 bits per heavy atom. The molecule has 0 atom stereocenters. The van der Waals surface area contributed by atoms with Gasteiger partial charge in [-0.3, -0.25) is 4.79 Å². The van der Waals surface area contributed by atoms with Crippen molar-refractivity contribution in [2.24, 2.45) is 0 Å². The van der Waals surface area contributed by atoms with Crippen LogP contribution in [0, 0.1) is 0 Å². The van der Waals surface area contributed by atoms with E-state index in [0.29, 0.717) is 4.48 Å². The van der Waals surface area contributed by atoms with Crippen LogP contribution in [0.25, 0.3) is 11.6 Å². The summed E-state index contributed by atoms with van der Waals surface area (Å²) in [4.78, 5) is 12.2. The molecule has 0 unspecified atom stereocenters. The predicted octanol–water partition coefficient (Wildman–Crippen LogP) is 5.58. The van der Waals surface area contributed by atoms with Crippen LogP contribution in [0.5, 0.6) is 0 Å². The maximum Gasteiger partial charge on any atom is 0.201 e. The van der Waals surface area contributed by atoms with Crippen LogP contribution in [-0.2, 0) is 4.79 Å². The van der Waals surface area contributed by atoms with Gasteiger partial charge >= 0.3 is 0 Å². The minimum atomic E-state index is 0.0165. The molecule has 1 aromatic carbocycles. The molecule has 0 saturated carbocycles. The standard InChI is InChI=1S/C13H4Br4O/c14-9-2-5-1-8-7(6(5)3-10(9)15)4-11(16)12(17)13(8)18/h1-4H. The van der Waals surface area contributed by atoms with Gasteiger partial charge in [0.2, 0.25) is 5.78 Å². The van der Waals surface area contributed by atoms with Crippen LogP contribution in [0.2, 0.25) is 0 Å². The minimum absolute atomic E-state index is 0.0165. The van der Waals surface area contributed by atoms with Gasteiger partial charge in [-0.25, -0.2) is 0 Å². The number of hydrogen-bond donors (Lipinski definition) is 0. The first kappa shape index (κ1) is 13.0. The Bertz CT molecular complexity index is 695. The van der Waals surface area contributed by atoms with Crippen molar-refractivity contribution in [3.8, 4) is 0 Å². The highest BCUT2D eigenvalue weighted by Crippen LogP contribution is 2.45. The second kappa shape index (κ2) is 4.54. The van der Waals surface area contributed by atoms with E-state index in [9.17, 15) is 4.79 Å². The molecule has 0 aromatic heterocycles. The van der Waals surface area contributed by atoms with E-state index in [1.807, 2.05) is 24.3 Å². The van der Waals surface area contributed by atoms with Crippen LogP contribution >= 0.6 is 63.7 Å². The number of ketones is 1. The minimum Gasteiger partial charge on any atom is -0.288 e. The van der Waals surface area contributed by atoms with Crippen molar-refractivity contribution in [2.75, 3.05) is 0 Å². The number of hydrogen-bond acceptors (Lipinski definition) is 1. The van der Waals surface area contributed by atoms with Crippen molar-refractivity contribution < 1.29 is 4.79 Å². The first-order chi connectivity index (χ1) is 8.49. The number of benzene rings is 1. The van der Waals surface area contributed by atoms with E-state index in [1.165, 1.54) is 0 Å². The van der Waals surface area contributed by atoms with Gasteiger partial charge < -0.3 is 0 Å². The summed E-state index contributed by atoms with van der Waals surface area (Å²) in [6.07, 6.45) is 3.91. The molecule has 0 saturated heterocycles. The molecule has 1 nitrogen and oxygen atoms in total. The van der Waals surface area contributed by atoms with E-state index < -0.39 is 0 Å². The molecule has 0 amide bonds. The lowest BCUT2D eigenvalue weighted by atomic mass is 9.96. The van der Waals surface area contributed by atoms with Gasteiger partial charge in [-0.05, 0) is 105 Å². The van der Waals surface area contributed by atoms with Crippen molar-refractivity contribution in [2.45, 2.75) is 0 Å². The molecule has 18 heavy (non-hydrogen) atoms. The topological polar surface area (TPSA) is 17.1 Å². The molecule has 5 heteroatoms. The second-order valence-corrected chi connectivity index (χ2v) is 7.32. The van der Waals surface area contributed by atoms with Crippen molar-refractivity contribution in [3.63, 3.8) is 0 Å². The van der Waals surface area contributed by atoms with E-state index >= 15 is 0 Å². The highest BCUT2D eigenvalue weighted by Gasteiger charge is 2.30. The van der Waals surface area contributed by atoms with Crippen LogP contribution in [-0.4, -0.2) is 5.78 Å². The van der Waals surface area contributed by atoms with Crippen LogP contribution in [0.3, 0.4) is 0 Å². The fourth-order valence-corrected chi connectivity index (χ4v) is 3.49. The second-order valence-electron chi connectivity index (χ2n) is 3.96. The molecule has 0 aliphatic heterocycles. The largest absolute Gasteiger partial charge is 0.288 e. The fourth-order valence-electron chi connectivity index (χ4n) is 2.05. The summed E-state index contributed by atoms with van der Waals surface area (Å²) >= 11 is 13.7. The van der Waals surface area contributed by atoms with Gasteiger partial charge in [0, 0.05) is 19.0 Å². The van der Waals surface area contributed by atoms with Crippen molar-refractivity contribution in [3.05, 3.63) is 52.8 Å². The maximum absolute atomic E-state index is 12.2. The Labute approximate surface area is 138 Å². The highest BCUT2D eigenvalue weighted by atomic mass is 79.9. The fraction of sp³-hybridized carbons (Fsp3) is 0. The molecule has 0 heterocycles. The molecule has 0 radical (unpaired) electrons. The van der Waals surface area contributed by atoms with E-state index in [1.54, 1.807) is 0 Å². The van der Waals surface area contributed by atoms with Gasteiger partial charge in [0.25, 0.3) is 0 Å². The molecule has 0 fully saturated rings.